The highest BCUT2D eigenvalue weighted by molar-refractivity contribution is 6.30. The molecule has 1 unspecified atom stereocenters. The predicted octanol–water partition coefficient (Wildman–Crippen LogP) is 8.46. The highest BCUT2D eigenvalue weighted by atomic mass is 35.5. The zero-order chi connectivity index (χ0) is 35.4. The van der Waals surface area contributed by atoms with E-state index in [4.69, 9.17) is 22.1 Å². The number of hydrogen-bond acceptors (Lipinski definition) is 4. The van der Waals surface area contributed by atoms with E-state index in [0.29, 0.717) is 0 Å². The summed E-state index contributed by atoms with van der Waals surface area (Å²) in [6, 6.07) is 25.3. The van der Waals surface area contributed by atoms with Crippen molar-refractivity contribution in [2.45, 2.75) is 32.9 Å². The van der Waals surface area contributed by atoms with Gasteiger partial charge in [-0.1, -0.05) is 78.3 Å². The van der Waals surface area contributed by atoms with E-state index in [1.807, 2.05) is 60.7 Å². The maximum absolute atomic E-state index is 14.0. The second-order valence-electron chi connectivity index (χ2n) is 10.4. The maximum Gasteiger partial charge on any atom is 0.262 e. The van der Waals surface area contributed by atoms with E-state index < -0.39 is 51.8 Å². The molecular formula is C37H29ClF4N4O2. The van der Waals surface area contributed by atoms with Crippen LogP contribution in [0.15, 0.2) is 96.1 Å². The van der Waals surface area contributed by atoms with Gasteiger partial charge in [0.1, 0.15) is 40.7 Å². The molecule has 4 rings (SSSR count). The normalized spacial score (nSPS) is 12.4. The summed E-state index contributed by atoms with van der Waals surface area (Å²) < 4.78 is 55.4. The molecular weight excluding hydrogens is 644 g/mol. The Hall–Kier alpha value is -5.71. The Morgan fingerprint density at radius 3 is 1.48 bits per heavy atom. The summed E-state index contributed by atoms with van der Waals surface area (Å²) in [5.74, 6) is -4.95. The van der Waals surface area contributed by atoms with Crippen LogP contribution in [0, 0.1) is 52.9 Å². The van der Waals surface area contributed by atoms with Gasteiger partial charge in [0.25, 0.3) is 11.8 Å². The number of benzene rings is 4. The van der Waals surface area contributed by atoms with Crippen molar-refractivity contribution in [2.24, 2.45) is 0 Å². The van der Waals surface area contributed by atoms with Crippen molar-refractivity contribution in [1.29, 1.82) is 10.5 Å². The molecule has 244 valence electrons. The minimum absolute atomic E-state index is 0.234. The Morgan fingerprint density at radius 1 is 0.667 bits per heavy atom. The standard InChI is InChI=1S/C19H16F2N2O.C18H13ClF2N2O/c1-12-8-9-17(20)16(18(12)21)10-15(11-22)19(24)23-13(2)14-6-4-3-5-7-14;1-11(12-5-3-2-4-6-12)23-18(24)13(10-22)9-14-16(20)8-7-15(19)17(14)21/h3-10,13H,1-2H3,(H,23,24);2-9,11H,1H3,(H,23,24)/b15-10+;13-9+/t;11-/m.0/s1. The topological polar surface area (TPSA) is 106 Å². The van der Waals surface area contributed by atoms with Crippen LogP contribution < -0.4 is 10.6 Å². The van der Waals surface area contributed by atoms with E-state index in [1.54, 1.807) is 26.0 Å². The van der Waals surface area contributed by atoms with Gasteiger partial charge in [-0.15, -0.1) is 0 Å². The zero-order valence-electron chi connectivity index (χ0n) is 26.0. The molecule has 0 saturated heterocycles. The number of rotatable bonds is 8. The van der Waals surface area contributed by atoms with Crippen molar-refractivity contribution in [3.63, 3.8) is 0 Å². The van der Waals surface area contributed by atoms with Gasteiger partial charge in [0.2, 0.25) is 0 Å². The molecule has 11 heteroatoms. The molecule has 0 fully saturated rings. The van der Waals surface area contributed by atoms with Crippen LogP contribution in [0.2, 0.25) is 5.02 Å². The van der Waals surface area contributed by atoms with Gasteiger partial charge in [-0.2, -0.15) is 10.5 Å². The summed E-state index contributed by atoms with van der Waals surface area (Å²) in [6.07, 6.45) is 1.79. The first-order valence-corrected chi connectivity index (χ1v) is 14.8. The first kappa shape index (κ1) is 36.8. The van der Waals surface area contributed by atoms with Gasteiger partial charge >= 0.3 is 0 Å². The summed E-state index contributed by atoms with van der Waals surface area (Å²) in [6.45, 7) is 4.98. The summed E-state index contributed by atoms with van der Waals surface area (Å²) in [5.41, 5.74) is 0.229. The minimum atomic E-state index is -1.02. The third-order valence-electron chi connectivity index (χ3n) is 7.00. The number of amides is 2. The number of hydrogen-bond donors (Lipinski definition) is 2. The predicted molar refractivity (Wildman–Crippen MR) is 176 cm³/mol. The molecule has 48 heavy (non-hydrogen) atoms. The number of nitrogens with zero attached hydrogens (tertiary/aromatic N) is 2. The fraction of sp³-hybridized carbons (Fsp3) is 0.135. The molecule has 6 nitrogen and oxygen atoms in total. The number of carbonyl (C=O) groups excluding carboxylic acids is 2. The summed E-state index contributed by atoms with van der Waals surface area (Å²) in [7, 11) is 0. The lowest BCUT2D eigenvalue weighted by Crippen LogP contribution is -2.27. The van der Waals surface area contributed by atoms with Crippen molar-refractivity contribution < 1.29 is 27.2 Å². The van der Waals surface area contributed by atoms with Crippen LogP contribution in [0.1, 0.15) is 53.7 Å². The van der Waals surface area contributed by atoms with Crippen molar-refractivity contribution in [2.75, 3.05) is 0 Å². The van der Waals surface area contributed by atoms with Gasteiger partial charge in [0.05, 0.1) is 17.1 Å². The van der Waals surface area contributed by atoms with Crippen LogP contribution in [0.4, 0.5) is 17.6 Å². The van der Waals surface area contributed by atoms with Crippen molar-refractivity contribution >= 4 is 35.6 Å². The van der Waals surface area contributed by atoms with Crippen LogP contribution >= 0.6 is 11.6 Å². The highest BCUT2D eigenvalue weighted by Gasteiger charge is 2.18. The Bertz CT molecular complexity index is 1790. The van der Waals surface area contributed by atoms with Crippen molar-refractivity contribution in [3.8, 4) is 12.1 Å². The second-order valence-corrected chi connectivity index (χ2v) is 10.8. The quantitative estimate of drug-likeness (QED) is 0.0848. The Balaban J connectivity index is 0.000000260. The number of aryl methyl sites for hydroxylation is 1. The second kappa shape index (κ2) is 17.3. The molecule has 0 aliphatic rings. The molecule has 0 heterocycles. The smallest absolute Gasteiger partial charge is 0.262 e. The van der Waals surface area contributed by atoms with Crippen LogP contribution in [0.25, 0.3) is 12.2 Å². The fourth-order valence-electron chi connectivity index (χ4n) is 4.27. The average Bonchev–Trinajstić information content (AvgIpc) is 3.09. The summed E-state index contributed by atoms with van der Waals surface area (Å²) in [5, 5.41) is 23.3. The lowest BCUT2D eigenvalue weighted by atomic mass is 10.1. The molecule has 2 atom stereocenters. The average molecular weight is 673 g/mol. The largest absolute Gasteiger partial charge is 0.345 e. The molecule has 0 aromatic heterocycles. The number of nitriles is 2. The highest BCUT2D eigenvalue weighted by Crippen LogP contribution is 2.24. The Labute approximate surface area is 280 Å². The van der Waals surface area contributed by atoms with Gasteiger partial charge in [-0.05, 0) is 67.8 Å². The van der Waals surface area contributed by atoms with Crippen LogP contribution in [-0.4, -0.2) is 11.8 Å². The number of carbonyl (C=O) groups is 2. The van der Waals surface area contributed by atoms with Crippen molar-refractivity contribution in [3.05, 3.63) is 152 Å². The number of halogens is 5. The van der Waals surface area contributed by atoms with Gasteiger partial charge in [0.15, 0.2) is 5.82 Å². The van der Waals surface area contributed by atoms with Gasteiger partial charge in [-0.25, -0.2) is 17.6 Å². The van der Waals surface area contributed by atoms with Crippen LogP contribution in [0.3, 0.4) is 0 Å². The van der Waals surface area contributed by atoms with E-state index in [0.717, 1.165) is 41.5 Å². The summed E-state index contributed by atoms with van der Waals surface area (Å²) in [4.78, 5) is 24.4. The minimum Gasteiger partial charge on any atom is -0.345 e. The Kier molecular flexibility index (Phi) is 13.2. The number of nitrogens with one attached hydrogen (secondary N) is 2. The van der Waals surface area contributed by atoms with Gasteiger partial charge in [0, 0.05) is 11.1 Å². The molecule has 0 aliphatic carbocycles. The molecule has 0 aliphatic heterocycles. The van der Waals surface area contributed by atoms with Crippen LogP contribution in [0.5, 0.6) is 0 Å². The van der Waals surface area contributed by atoms with Gasteiger partial charge in [-0.3, -0.25) is 9.59 Å². The lowest BCUT2D eigenvalue weighted by molar-refractivity contribution is -0.118. The third kappa shape index (κ3) is 9.65. The third-order valence-corrected chi connectivity index (χ3v) is 7.29. The van der Waals surface area contributed by atoms with Gasteiger partial charge < -0.3 is 10.6 Å². The molecule has 2 N–H and O–H groups in total. The van der Waals surface area contributed by atoms with E-state index in [2.05, 4.69) is 10.6 Å². The van der Waals surface area contributed by atoms with E-state index in [9.17, 15) is 27.2 Å². The fourth-order valence-corrected chi connectivity index (χ4v) is 4.44. The first-order valence-electron chi connectivity index (χ1n) is 14.4. The zero-order valence-corrected chi connectivity index (χ0v) is 26.7. The van der Waals surface area contributed by atoms with Crippen LogP contribution in [-0.2, 0) is 9.59 Å². The first-order chi connectivity index (χ1) is 22.9. The molecule has 2 amide bonds. The molecule has 0 bridgehead atoms. The maximum atomic E-state index is 14.0. The molecule has 4 aromatic rings. The monoisotopic (exact) mass is 672 g/mol. The SMILES string of the molecule is C[C@H](NC(=O)/C(C#N)=C/c1c(F)ccc(Cl)c1F)c1ccccc1.Cc1ccc(F)c(/C=C(\C#N)C(=O)NC(C)c2ccccc2)c1F. The van der Waals surface area contributed by atoms with E-state index in [1.165, 1.54) is 13.0 Å². The van der Waals surface area contributed by atoms with E-state index >= 15 is 0 Å². The summed E-state index contributed by atoms with van der Waals surface area (Å²) >= 11 is 5.60. The Morgan fingerprint density at radius 2 is 1.06 bits per heavy atom. The molecule has 0 saturated carbocycles. The lowest BCUT2D eigenvalue weighted by Gasteiger charge is -2.14. The van der Waals surface area contributed by atoms with Crippen molar-refractivity contribution in [1.82, 2.24) is 10.6 Å². The van der Waals surface area contributed by atoms with E-state index in [-0.39, 0.29) is 28.2 Å². The molecule has 4 aromatic carbocycles. The molecule has 0 radical (unpaired) electrons. The molecule has 0 spiro atoms.